The Morgan fingerprint density at radius 1 is 1.42 bits per heavy atom. The lowest BCUT2D eigenvalue weighted by Crippen LogP contribution is -2.24. The van der Waals surface area contributed by atoms with Gasteiger partial charge in [0.1, 0.15) is 0 Å². The molecule has 19 heavy (non-hydrogen) atoms. The second-order valence-corrected chi connectivity index (χ2v) is 5.97. The van der Waals surface area contributed by atoms with Gasteiger partial charge in [-0.2, -0.15) is 0 Å². The van der Waals surface area contributed by atoms with Crippen LogP contribution in [0, 0.1) is 0 Å². The molecule has 0 spiro atoms. The van der Waals surface area contributed by atoms with Crippen LogP contribution in [-0.4, -0.2) is 37.8 Å². The summed E-state index contributed by atoms with van der Waals surface area (Å²) in [6.07, 6.45) is 3.67. The molecule has 1 aliphatic carbocycles. The standard InChI is InChI=1S/C14H25N3OS/c1-4-12-13(10-15-8-9-18-3)19-14(16-12)17(5-2)11-6-7-11/h11,15H,4-10H2,1-3H3. The third-order valence-electron chi connectivity index (χ3n) is 3.44. The third kappa shape index (κ3) is 3.91. The summed E-state index contributed by atoms with van der Waals surface area (Å²) >= 11 is 1.85. The average Bonchev–Trinajstić information content (AvgIpc) is 3.16. The van der Waals surface area contributed by atoms with Crippen molar-refractivity contribution in [2.24, 2.45) is 0 Å². The number of hydrogen-bond donors (Lipinski definition) is 1. The molecule has 0 radical (unpaired) electrons. The smallest absolute Gasteiger partial charge is 0.186 e. The van der Waals surface area contributed by atoms with E-state index in [2.05, 4.69) is 24.1 Å². The Balaban J connectivity index is 1.99. The Labute approximate surface area is 120 Å². The van der Waals surface area contributed by atoms with E-state index < -0.39 is 0 Å². The van der Waals surface area contributed by atoms with E-state index in [1.807, 2.05) is 11.3 Å². The first-order valence-electron chi connectivity index (χ1n) is 7.25. The van der Waals surface area contributed by atoms with Crippen molar-refractivity contribution in [2.45, 2.75) is 45.7 Å². The van der Waals surface area contributed by atoms with Crippen molar-refractivity contribution in [3.05, 3.63) is 10.6 Å². The summed E-state index contributed by atoms with van der Waals surface area (Å²) in [5.74, 6) is 0. The first kappa shape index (κ1) is 14.8. The fourth-order valence-corrected chi connectivity index (χ4v) is 3.47. The van der Waals surface area contributed by atoms with Crippen LogP contribution in [0.15, 0.2) is 0 Å². The van der Waals surface area contributed by atoms with Gasteiger partial charge in [-0.1, -0.05) is 6.92 Å². The van der Waals surface area contributed by atoms with Gasteiger partial charge >= 0.3 is 0 Å². The molecule has 1 aromatic rings. The molecular weight excluding hydrogens is 258 g/mol. The van der Waals surface area contributed by atoms with Gasteiger partial charge < -0.3 is 15.0 Å². The zero-order chi connectivity index (χ0) is 13.7. The van der Waals surface area contributed by atoms with Gasteiger partial charge in [0.2, 0.25) is 0 Å². The largest absolute Gasteiger partial charge is 0.383 e. The van der Waals surface area contributed by atoms with Gasteiger partial charge in [-0.15, -0.1) is 11.3 Å². The summed E-state index contributed by atoms with van der Waals surface area (Å²) in [4.78, 5) is 8.68. The van der Waals surface area contributed by atoms with Crippen LogP contribution in [0.4, 0.5) is 5.13 Å². The Morgan fingerprint density at radius 3 is 2.79 bits per heavy atom. The zero-order valence-electron chi connectivity index (χ0n) is 12.2. The van der Waals surface area contributed by atoms with Gasteiger partial charge in [-0.05, 0) is 26.2 Å². The highest BCUT2D eigenvalue weighted by molar-refractivity contribution is 7.15. The number of aromatic nitrogens is 1. The molecule has 0 aromatic carbocycles. The summed E-state index contributed by atoms with van der Waals surface area (Å²) in [6.45, 7) is 8.04. The number of thiazole rings is 1. The summed E-state index contributed by atoms with van der Waals surface area (Å²) < 4.78 is 5.05. The van der Waals surface area contributed by atoms with Crippen molar-refractivity contribution >= 4 is 16.5 Å². The Bertz CT molecular complexity index is 390. The quantitative estimate of drug-likeness (QED) is 0.706. The molecule has 0 aliphatic heterocycles. The minimum atomic E-state index is 0.746. The number of ether oxygens (including phenoxy) is 1. The number of nitrogens with zero attached hydrogens (tertiary/aromatic N) is 2. The molecule has 0 amide bonds. The van der Waals surface area contributed by atoms with Crippen LogP contribution in [0.1, 0.15) is 37.3 Å². The van der Waals surface area contributed by atoms with Crippen molar-refractivity contribution < 1.29 is 4.74 Å². The fourth-order valence-electron chi connectivity index (χ4n) is 2.22. The second kappa shape index (κ2) is 7.22. The van der Waals surface area contributed by atoms with Crippen molar-refractivity contribution in [3.8, 4) is 0 Å². The van der Waals surface area contributed by atoms with Crippen LogP contribution in [0.5, 0.6) is 0 Å². The van der Waals surface area contributed by atoms with Crippen molar-refractivity contribution in [1.82, 2.24) is 10.3 Å². The lowest BCUT2D eigenvalue weighted by Gasteiger charge is -2.18. The summed E-state index contributed by atoms with van der Waals surface area (Å²) in [6, 6.07) is 0.746. The lowest BCUT2D eigenvalue weighted by atomic mass is 10.3. The molecule has 2 rings (SSSR count). The minimum absolute atomic E-state index is 0.746. The van der Waals surface area contributed by atoms with E-state index in [0.29, 0.717) is 0 Å². The highest BCUT2D eigenvalue weighted by Gasteiger charge is 2.30. The predicted molar refractivity (Wildman–Crippen MR) is 81.1 cm³/mol. The highest BCUT2D eigenvalue weighted by atomic mass is 32.1. The van der Waals surface area contributed by atoms with Crippen molar-refractivity contribution in [3.63, 3.8) is 0 Å². The molecule has 108 valence electrons. The predicted octanol–water partition coefficient (Wildman–Crippen LogP) is 2.43. The molecule has 0 bridgehead atoms. The number of nitrogens with one attached hydrogen (secondary N) is 1. The maximum Gasteiger partial charge on any atom is 0.186 e. The van der Waals surface area contributed by atoms with Gasteiger partial charge in [0, 0.05) is 37.7 Å². The third-order valence-corrected chi connectivity index (χ3v) is 4.58. The highest BCUT2D eigenvalue weighted by Crippen LogP contribution is 2.35. The van der Waals surface area contributed by atoms with E-state index in [0.717, 1.165) is 38.7 Å². The first-order valence-corrected chi connectivity index (χ1v) is 8.06. The van der Waals surface area contributed by atoms with E-state index in [1.165, 1.54) is 28.5 Å². The molecule has 0 saturated heterocycles. The van der Waals surface area contributed by atoms with Crippen molar-refractivity contribution in [1.29, 1.82) is 0 Å². The van der Waals surface area contributed by atoms with E-state index in [4.69, 9.17) is 9.72 Å². The normalized spacial score (nSPS) is 14.9. The monoisotopic (exact) mass is 283 g/mol. The molecule has 0 atom stereocenters. The van der Waals surface area contributed by atoms with Gasteiger partial charge in [-0.25, -0.2) is 4.98 Å². The van der Waals surface area contributed by atoms with Crippen LogP contribution in [-0.2, 0) is 17.7 Å². The summed E-state index contributed by atoms with van der Waals surface area (Å²) in [5.41, 5.74) is 1.25. The van der Waals surface area contributed by atoms with Crippen molar-refractivity contribution in [2.75, 3.05) is 31.7 Å². The maximum atomic E-state index is 5.05. The number of anilines is 1. The second-order valence-electron chi connectivity index (χ2n) is 4.91. The molecule has 1 aromatic heterocycles. The summed E-state index contributed by atoms with van der Waals surface area (Å²) in [5, 5.41) is 4.63. The Kier molecular flexibility index (Phi) is 5.60. The molecular formula is C14H25N3OS. The lowest BCUT2D eigenvalue weighted by molar-refractivity contribution is 0.199. The molecule has 4 nitrogen and oxygen atoms in total. The fraction of sp³-hybridized carbons (Fsp3) is 0.786. The van der Waals surface area contributed by atoms with E-state index in [1.54, 1.807) is 7.11 Å². The van der Waals surface area contributed by atoms with Crippen LogP contribution >= 0.6 is 11.3 Å². The number of hydrogen-bond acceptors (Lipinski definition) is 5. The molecule has 1 saturated carbocycles. The van der Waals surface area contributed by atoms with Crippen LogP contribution in [0.25, 0.3) is 0 Å². The minimum Gasteiger partial charge on any atom is -0.383 e. The Morgan fingerprint density at radius 2 is 2.21 bits per heavy atom. The molecule has 5 heteroatoms. The SMILES string of the molecule is CCc1nc(N(CC)C2CC2)sc1CNCCOC. The maximum absolute atomic E-state index is 5.05. The van der Waals surface area contributed by atoms with Crippen LogP contribution in [0.3, 0.4) is 0 Å². The molecule has 1 fully saturated rings. The van der Waals surface area contributed by atoms with Gasteiger partial charge in [0.05, 0.1) is 12.3 Å². The van der Waals surface area contributed by atoms with Crippen LogP contribution < -0.4 is 10.2 Å². The topological polar surface area (TPSA) is 37.4 Å². The average molecular weight is 283 g/mol. The first-order chi connectivity index (χ1) is 9.30. The molecule has 0 unspecified atom stereocenters. The van der Waals surface area contributed by atoms with Crippen LogP contribution in [0.2, 0.25) is 0 Å². The van der Waals surface area contributed by atoms with Gasteiger partial charge in [0.25, 0.3) is 0 Å². The van der Waals surface area contributed by atoms with E-state index in [-0.39, 0.29) is 0 Å². The Hall–Kier alpha value is -0.650. The summed E-state index contributed by atoms with van der Waals surface area (Å²) in [7, 11) is 1.73. The number of methoxy groups -OCH3 is 1. The van der Waals surface area contributed by atoms with E-state index in [9.17, 15) is 0 Å². The van der Waals surface area contributed by atoms with E-state index >= 15 is 0 Å². The molecule has 1 heterocycles. The molecule has 1 aliphatic rings. The zero-order valence-corrected chi connectivity index (χ0v) is 13.1. The number of rotatable bonds is 9. The van der Waals surface area contributed by atoms with Gasteiger partial charge in [0.15, 0.2) is 5.13 Å². The van der Waals surface area contributed by atoms with Gasteiger partial charge in [-0.3, -0.25) is 0 Å². The number of aryl methyl sites for hydroxylation is 1. The molecule has 1 N–H and O–H groups in total.